The Morgan fingerprint density at radius 2 is 2.15 bits per heavy atom. The molecule has 1 aliphatic rings. The van der Waals surface area contributed by atoms with Crippen molar-refractivity contribution in [3.63, 3.8) is 0 Å². The summed E-state index contributed by atoms with van der Waals surface area (Å²) in [7, 11) is 0. The predicted molar refractivity (Wildman–Crippen MR) is 70.7 cm³/mol. The largest absolute Gasteiger partial charge is 0.395 e. The quantitative estimate of drug-likeness (QED) is 0.562. The standard InChI is InChI=1S/C12H17N5O3/c1-5(2)9-8(13)10(17-16-9)12(20)14-6-3-4-7(18)15-11(6)19/h5-6H,3-4,13H2,1-2H3,(H,14,20)(H,16,17)(H,15,18,19). The molecule has 0 aliphatic carbocycles. The van der Waals surface area contributed by atoms with Gasteiger partial charge in [0.15, 0.2) is 5.69 Å². The van der Waals surface area contributed by atoms with E-state index in [4.69, 9.17) is 5.73 Å². The number of aromatic nitrogens is 2. The second-order valence-electron chi connectivity index (χ2n) is 5.03. The highest BCUT2D eigenvalue weighted by molar-refractivity contribution is 6.04. The van der Waals surface area contributed by atoms with E-state index in [1.165, 1.54) is 0 Å². The minimum absolute atomic E-state index is 0.0680. The van der Waals surface area contributed by atoms with Crippen LogP contribution in [0.4, 0.5) is 5.69 Å². The highest BCUT2D eigenvalue weighted by Gasteiger charge is 2.29. The van der Waals surface area contributed by atoms with Crippen LogP contribution in [0.15, 0.2) is 0 Å². The van der Waals surface area contributed by atoms with E-state index in [2.05, 4.69) is 20.8 Å². The number of carbonyl (C=O) groups is 3. The minimum atomic E-state index is -0.737. The van der Waals surface area contributed by atoms with Gasteiger partial charge in [0.1, 0.15) is 6.04 Å². The molecule has 0 bridgehead atoms. The maximum atomic E-state index is 12.1. The zero-order valence-corrected chi connectivity index (χ0v) is 11.3. The molecule has 8 heteroatoms. The van der Waals surface area contributed by atoms with Crippen LogP contribution in [0, 0.1) is 0 Å². The molecule has 0 spiro atoms. The first kappa shape index (κ1) is 14.0. The molecule has 1 fully saturated rings. The molecule has 2 heterocycles. The molecule has 3 amide bonds. The molecular weight excluding hydrogens is 262 g/mol. The van der Waals surface area contributed by atoms with Gasteiger partial charge < -0.3 is 11.1 Å². The third-order valence-corrected chi connectivity index (χ3v) is 3.17. The summed E-state index contributed by atoms with van der Waals surface area (Å²) >= 11 is 0. The first-order chi connectivity index (χ1) is 9.40. The molecule has 1 atom stereocenters. The summed E-state index contributed by atoms with van der Waals surface area (Å²) < 4.78 is 0. The summed E-state index contributed by atoms with van der Waals surface area (Å²) in [6, 6.07) is -0.737. The van der Waals surface area contributed by atoms with Gasteiger partial charge in [-0.05, 0) is 12.3 Å². The van der Waals surface area contributed by atoms with E-state index in [1.54, 1.807) is 0 Å². The number of nitrogens with one attached hydrogen (secondary N) is 3. The van der Waals surface area contributed by atoms with Crippen molar-refractivity contribution >= 4 is 23.4 Å². The van der Waals surface area contributed by atoms with Crippen LogP contribution in [0.2, 0.25) is 0 Å². The summed E-state index contributed by atoms with van der Waals surface area (Å²) in [5.41, 5.74) is 6.89. The fourth-order valence-electron chi connectivity index (χ4n) is 2.04. The number of nitrogens with zero attached hydrogens (tertiary/aromatic N) is 1. The molecule has 0 saturated carbocycles. The molecule has 1 saturated heterocycles. The average Bonchev–Trinajstić information content (AvgIpc) is 2.74. The Labute approximate surface area is 115 Å². The molecular formula is C12H17N5O3. The number of carbonyl (C=O) groups excluding carboxylic acids is 3. The van der Waals surface area contributed by atoms with Crippen LogP contribution < -0.4 is 16.4 Å². The molecule has 1 aromatic rings. The van der Waals surface area contributed by atoms with Crippen LogP contribution >= 0.6 is 0 Å². The Hall–Kier alpha value is -2.38. The number of hydrogen-bond donors (Lipinski definition) is 4. The average molecular weight is 279 g/mol. The van der Waals surface area contributed by atoms with Crippen LogP contribution in [0.3, 0.4) is 0 Å². The maximum absolute atomic E-state index is 12.1. The van der Waals surface area contributed by atoms with Gasteiger partial charge in [-0.3, -0.25) is 24.8 Å². The lowest BCUT2D eigenvalue weighted by molar-refractivity contribution is -0.134. The number of piperidine rings is 1. The summed E-state index contributed by atoms with van der Waals surface area (Å²) in [6.45, 7) is 3.84. The third-order valence-electron chi connectivity index (χ3n) is 3.17. The van der Waals surface area contributed by atoms with Crippen LogP contribution in [0.1, 0.15) is 48.8 Å². The molecule has 0 aromatic carbocycles. The number of amides is 3. The van der Waals surface area contributed by atoms with Gasteiger partial charge in [0, 0.05) is 6.42 Å². The second-order valence-corrected chi connectivity index (χ2v) is 5.03. The van der Waals surface area contributed by atoms with Crippen LogP contribution in [-0.4, -0.2) is 34.0 Å². The molecule has 2 rings (SSSR count). The van der Waals surface area contributed by atoms with Crippen molar-refractivity contribution < 1.29 is 14.4 Å². The van der Waals surface area contributed by atoms with Gasteiger partial charge in [-0.2, -0.15) is 5.10 Å². The van der Waals surface area contributed by atoms with E-state index in [-0.39, 0.29) is 36.0 Å². The SMILES string of the molecule is CC(C)c1[nH]nc(C(=O)NC2CCC(=O)NC2=O)c1N. The fraction of sp³-hybridized carbons (Fsp3) is 0.500. The number of nitrogens with two attached hydrogens (primary N) is 1. The zero-order valence-electron chi connectivity index (χ0n) is 11.3. The van der Waals surface area contributed by atoms with Crippen LogP contribution in [-0.2, 0) is 9.59 Å². The molecule has 5 N–H and O–H groups in total. The highest BCUT2D eigenvalue weighted by atomic mass is 16.2. The summed E-state index contributed by atoms with van der Waals surface area (Å²) in [4.78, 5) is 34.6. The van der Waals surface area contributed by atoms with Gasteiger partial charge in [0.05, 0.1) is 11.4 Å². The molecule has 8 nitrogen and oxygen atoms in total. The van der Waals surface area contributed by atoms with E-state index in [1.807, 2.05) is 13.8 Å². The number of anilines is 1. The van der Waals surface area contributed by atoms with Crippen molar-refractivity contribution in [3.8, 4) is 0 Å². The molecule has 108 valence electrons. The van der Waals surface area contributed by atoms with Crippen molar-refractivity contribution in [2.75, 3.05) is 5.73 Å². The molecule has 0 radical (unpaired) electrons. The predicted octanol–water partition coefficient (Wildman–Crippen LogP) is -0.350. The molecule has 20 heavy (non-hydrogen) atoms. The van der Waals surface area contributed by atoms with Crippen LogP contribution in [0.25, 0.3) is 0 Å². The van der Waals surface area contributed by atoms with E-state index < -0.39 is 17.9 Å². The lowest BCUT2D eigenvalue weighted by atomic mass is 10.1. The smallest absolute Gasteiger partial charge is 0.274 e. The summed E-state index contributed by atoms with van der Waals surface area (Å²) in [6.07, 6.45) is 0.474. The number of hydrogen-bond acceptors (Lipinski definition) is 5. The van der Waals surface area contributed by atoms with Crippen molar-refractivity contribution in [1.29, 1.82) is 0 Å². The van der Waals surface area contributed by atoms with E-state index >= 15 is 0 Å². The number of imide groups is 1. The monoisotopic (exact) mass is 279 g/mol. The van der Waals surface area contributed by atoms with Gasteiger partial charge in [0.25, 0.3) is 5.91 Å². The van der Waals surface area contributed by atoms with Crippen molar-refractivity contribution in [3.05, 3.63) is 11.4 Å². The normalized spacial score (nSPS) is 19.1. The zero-order chi connectivity index (χ0) is 14.9. The number of rotatable bonds is 3. The van der Waals surface area contributed by atoms with Crippen molar-refractivity contribution in [2.24, 2.45) is 0 Å². The molecule has 1 aliphatic heterocycles. The Bertz CT molecular complexity index is 563. The Morgan fingerprint density at radius 1 is 1.45 bits per heavy atom. The van der Waals surface area contributed by atoms with Gasteiger partial charge in [-0.15, -0.1) is 0 Å². The minimum Gasteiger partial charge on any atom is -0.395 e. The summed E-state index contributed by atoms with van der Waals surface area (Å²) in [5, 5.41) is 11.3. The molecule has 1 unspecified atom stereocenters. The fourth-order valence-corrected chi connectivity index (χ4v) is 2.04. The lowest BCUT2D eigenvalue weighted by Gasteiger charge is -2.21. The summed E-state index contributed by atoms with van der Waals surface area (Å²) in [5.74, 6) is -1.26. The Kier molecular flexibility index (Phi) is 3.73. The van der Waals surface area contributed by atoms with Gasteiger partial charge in [-0.1, -0.05) is 13.8 Å². The second kappa shape index (κ2) is 5.32. The van der Waals surface area contributed by atoms with Crippen molar-refractivity contribution in [2.45, 2.75) is 38.6 Å². The van der Waals surface area contributed by atoms with Gasteiger partial charge in [0.2, 0.25) is 11.8 Å². The van der Waals surface area contributed by atoms with Gasteiger partial charge in [-0.25, -0.2) is 0 Å². The number of aromatic amines is 1. The number of nitrogen functional groups attached to an aromatic ring is 1. The lowest BCUT2D eigenvalue weighted by Crippen LogP contribution is -2.52. The topological polar surface area (TPSA) is 130 Å². The first-order valence-corrected chi connectivity index (χ1v) is 6.38. The Balaban J connectivity index is 2.09. The highest BCUT2D eigenvalue weighted by Crippen LogP contribution is 2.22. The maximum Gasteiger partial charge on any atom is 0.274 e. The van der Waals surface area contributed by atoms with Crippen LogP contribution in [0.5, 0.6) is 0 Å². The van der Waals surface area contributed by atoms with E-state index in [0.717, 1.165) is 0 Å². The van der Waals surface area contributed by atoms with Gasteiger partial charge >= 0.3 is 0 Å². The van der Waals surface area contributed by atoms with E-state index in [0.29, 0.717) is 5.69 Å². The van der Waals surface area contributed by atoms with Crippen molar-refractivity contribution in [1.82, 2.24) is 20.8 Å². The first-order valence-electron chi connectivity index (χ1n) is 6.38. The third kappa shape index (κ3) is 2.63. The van der Waals surface area contributed by atoms with E-state index in [9.17, 15) is 14.4 Å². The Morgan fingerprint density at radius 3 is 2.70 bits per heavy atom. The molecule has 1 aromatic heterocycles. The number of H-pyrrole nitrogens is 1.